The van der Waals surface area contributed by atoms with Crippen molar-refractivity contribution in [2.45, 2.75) is 13.0 Å². The molecule has 150 valence electrons. The molecule has 0 bridgehead atoms. The summed E-state index contributed by atoms with van der Waals surface area (Å²) in [4.78, 5) is 38.3. The summed E-state index contributed by atoms with van der Waals surface area (Å²) in [6.07, 6.45) is 0.146. The summed E-state index contributed by atoms with van der Waals surface area (Å²) in [5.74, 6) is 0.0758. The van der Waals surface area contributed by atoms with E-state index in [1.807, 2.05) is 18.2 Å². The van der Waals surface area contributed by atoms with Crippen LogP contribution in [-0.4, -0.2) is 43.1 Å². The van der Waals surface area contributed by atoms with Gasteiger partial charge in [0.1, 0.15) is 0 Å². The zero-order valence-corrected chi connectivity index (χ0v) is 15.8. The molecular formula is C21H20N2O6. The van der Waals surface area contributed by atoms with Crippen LogP contribution in [0.2, 0.25) is 0 Å². The molecule has 8 heteroatoms. The zero-order valence-electron chi connectivity index (χ0n) is 15.8. The Bertz CT molecular complexity index is 973. The predicted molar refractivity (Wildman–Crippen MR) is 103 cm³/mol. The Morgan fingerprint density at radius 2 is 2.00 bits per heavy atom. The van der Waals surface area contributed by atoms with E-state index < -0.39 is 11.9 Å². The number of ether oxygens (including phenoxy) is 3. The van der Waals surface area contributed by atoms with Crippen molar-refractivity contribution in [3.63, 3.8) is 0 Å². The molecule has 0 aliphatic carbocycles. The first-order valence-electron chi connectivity index (χ1n) is 9.19. The number of carbonyl (C=O) groups is 3. The number of rotatable bonds is 5. The highest BCUT2D eigenvalue weighted by Gasteiger charge is 2.34. The number of hydrogen-bond donors (Lipinski definition) is 1. The van der Waals surface area contributed by atoms with Crippen molar-refractivity contribution in [3.8, 4) is 11.5 Å². The normalized spacial score (nSPS) is 17.3. The second kappa shape index (κ2) is 7.83. The van der Waals surface area contributed by atoms with Crippen LogP contribution in [0.4, 0.5) is 5.69 Å². The molecule has 1 N–H and O–H groups in total. The fourth-order valence-corrected chi connectivity index (χ4v) is 3.45. The largest absolute Gasteiger partial charge is 0.465 e. The highest BCUT2D eigenvalue weighted by atomic mass is 16.7. The molecule has 8 nitrogen and oxygen atoms in total. The monoisotopic (exact) mass is 396 g/mol. The molecule has 0 saturated carbocycles. The van der Waals surface area contributed by atoms with Gasteiger partial charge in [-0.05, 0) is 35.9 Å². The molecule has 1 saturated heterocycles. The molecule has 0 radical (unpaired) electrons. The summed E-state index contributed by atoms with van der Waals surface area (Å²) in [6, 6.07) is 12.0. The number of likely N-dealkylation sites (tertiary alicyclic amines) is 1. The summed E-state index contributed by atoms with van der Waals surface area (Å²) < 4.78 is 15.4. The maximum absolute atomic E-state index is 12.6. The highest BCUT2D eigenvalue weighted by molar-refractivity contribution is 5.98. The van der Waals surface area contributed by atoms with Gasteiger partial charge in [-0.25, -0.2) is 4.79 Å². The molecule has 2 amide bonds. The lowest BCUT2D eigenvalue weighted by atomic mass is 10.1. The number of methoxy groups -OCH3 is 1. The van der Waals surface area contributed by atoms with Gasteiger partial charge in [-0.15, -0.1) is 0 Å². The van der Waals surface area contributed by atoms with Gasteiger partial charge < -0.3 is 24.4 Å². The molecule has 2 aromatic rings. The number of fused-ring (bicyclic) bond motifs is 1. The van der Waals surface area contributed by atoms with Gasteiger partial charge in [0, 0.05) is 25.2 Å². The van der Waals surface area contributed by atoms with Crippen LogP contribution < -0.4 is 14.8 Å². The van der Waals surface area contributed by atoms with Gasteiger partial charge in [-0.3, -0.25) is 9.59 Å². The molecule has 1 atom stereocenters. The number of nitrogens with one attached hydrogen (secondary N) is 1. The van der Waals surface area contributed by atoms with Gasteiger partial charge in [-0.2, -0.15) is 0 Å². The van der Waals surface area contributed by atoms with Gasteiger partial charge >= 0.3 is 5.97 Å². The van der Waals surface area contributed by atoms with E-state index in [2.05, 4.69) is 10.1 Å². The van der Waals surface area contributed by atoms with E-state index in [9.17, 15) is 14.4 Å². The Morgan fingerprint density at radius 3 is 2.83 bits per heavy atom. The summed E-state index contributed by atoms with van der Waals surface area (Å²) in [7, 11) is 1.30. The first kappa shape index (κ1) is 18.8. The molecule has 2 aliphatic heterocycles. The summed E-state index contributed by atoms with van der Waals surface area (Å²) in [5, 5.41) is 2.78. The first-order valence-corrected chi connectivity index (χ1v) is 9.19. The lowest BCUT2D eigenvalue weighted by Gasteiger charge is -2.17. The van der Waals surface area contributed by atoms with Gasteiger partial charge in [0.15, 0.2) is 11.5 Å². The third kappa shape index (κ3) is 4.01. The van der Waals surface area contributed by atoms with E-state index in [1.165, 1.54) is 7.11 Å². The van der Waals surface area contributed by atoms with Crippen molar-refractivity contribution in [1.29, 1.82) is 0 Å². The summed E-state index contributed by atoms with van der Waals surface area (Å²) in [6.45, 7) is 0.924. The number of carbonyl (C=O) groups excluding carboxylic acids is 3. The second-order valence-electron chi connectivity index (χ2n) is 6.92. The molecule has 2 aliphatic rings. The molecule has 1 unspecified atom stereocenters. The minimum absolute atomic E-state index is 0.0777. The Balaban J connectivity index is 1.38. The van der Waals surface area contributed by atoms with Crippen LogP contribution in [0.15, 0.2) is 42.5 Å². The van der Waals surface area contributed by atoms with Crippen LogP contribution in [0.25, 0.3) is 0 Å². The molecular weight excluding hydrogens is 376 g/mol. The van der Waals surface area contributed by atoms with Crippen LogP contribution >= 0.6 is 0 Å². The van der Waals surface area contributed by atoms with Crippen molar-refractivity contribution < 1.29 is 28.6 Å². The van der Waals surface area contributed by atoms with Crippen molar-refractivity contribution in [3.05, 3.63) is 53.6 Å². The van der Waals surface area contributed by atoms with Gasteiger partial charge in [0.05, 0.1) is 18.6 Å². The number of anilines is 1. The maximum Gasteiger partial charge on any atom is 0.337 e. The number of esters is 1. The van der Waals surface area contributed by atoms with E-state index in [0.717, 1.165) is 5.56 Å². The van der Waals surface area contributed by atoms with Crippen LogP contribution in [-0.2, 0) is 20.9 Å². The Kier molecular flexibility index (Phi) is 5.07. The minimum atomic E-state index is -0.480. The molecule has 2 heterocycles. The van der Waals surface area contributed by atoms with E-state index in [0.29, 0.717) is 35.8 Å². The van der Waals surface area contributed by atoms with Crippen LogP contribution in [0.5, 0.6) is 11.5 Å². The fraction of sp³-hybridized carbons (Fsp3) is 0.286. The molecule has 0 aromatic heterocycles. The Morgan fingerprint density at radius 1 is 1.17 bits per heavy atom. The Hall–Kier alpha value is -3.55. The highest BCUT2D eigenvalue weighted by Crippen LogP contribution is 2.33. The SMILES string of the molecule is COC(=O)c1cccc(NC(=O)C2CC(=O)N(Cc3ccc4c(c3)OCO4)C2)c1. The number of amides is 2. The second-order valence-corrected chi connectivity index (χ2v) is 6.92. The molecule has 2 aromatic carbocycles. The zero-order chi connectivity index (χ0) is 20.4. The van der Waals surface area contributed by atoms with E-state index in [1.54, 1.807) is 29.2 Å². The standard InChI is InChI=1S/C21H20N2O6/c1-27-21(26)14-3-2-4-16(8-14)22-20(25)15-9-19(24)23(11-15)10-13-5-6-17-18(7-13)29-12-28-17/h2-8,15H,9-12H2,1H3,(H,22,25). The molecule has 1 fully saturated rings. The van der Waals surface area contributed by atoms with Crippen molar-refractivity contribution in [2.75, 3.05) is 25.8 Å². The fourth-order valence-electron chi connectivity index (χ4n) is 3.45. The van der Waals surface area contributed by atoms with E-state index >= 15 is 0 Å². The summed E-state index contributed by atoms with van der Waals surface area (Å²) >= 11 is 0. The quantitative estimate of drug-likeness (QED) is 0.779. The number of hydrogen-bond acceptors (Lipinski definition) is 6. The molecule has 29 heavy (non-hydrogen) atoms. The smallest absolute Gasteiger partial charge is 0.337 e. The lowest BCUT2D eigenvalue weighted by molar-refractivity contribution is -0.128. The maximum atomic E-state index is 12.6. The van der Waals surface area contributed by atoms with Crippen LogP contribution in [0.1, 0.15) is 22.3 Å². The third-order valence-electron chi connectivity index (χ3n) is 4.95. The summed E-state index contributed by atoms with van der Waals surface area (Å²) in [5.41, 5.74) is 1.74. The van der Waals surface area contributed by atoms with Gasteiger partial charge in [-0.1, -0.05) is 12.1 Å². The third-order valence-corrected chi connectivity index (χ3v) is 4.95. The molecule has 0 spiro atoms. The first-order chi connectivity index (χ1) is 14.0. The minimum Gasteiger partial charge on any atom is -0.465 e. The van der Waals surface area contributed by atoms with Crippen LogP contribution in [0, 0.1) is 5.92 Å². The number of nitrogens with zero attached hydrogens (tertiary/aromatic N) is 1. The number of benzene rings is 2. The average molecular weight is 396 g/mol. The average Bonchev–Trinajstić information content (AvgIpc) is 3.34. The predicted octanol–water partition coefficient (Wildman–Crippen LogP) is 2.19. The van der Waals surface area contributed by atoms with Crippen LogP contribution in [0.3, 0.4) is 0 Å². The Labute approximate surface area is 167 Å². The van der Waals surface area contributed by atoms with E-state index in [-0.39, 0.29) is 25.0 Å². The molecule has 4 rings (SSSR count). The van der Waals surface area contributed by atoms with Gasteiger partial charge in [0.25, 0.3) is 0 Å². The van der Waals surface area contributed by atoms with Crippen molar-refractivity contribution in [2.24, 2.45) is 5.92 Å². The van der Waals surface area contributed by atoms with Crippen molar-refractivity contribution >= 4 is 23.5 Å². The topological polar surface area (TPSA) is 94.2 Å². The van der Waals surface area contributed by atoms with Gasteiger partial charge in [0.2, 0.25) is 18.6 Å². The lowest BCUT2D eigenvalue weighted by Crippen LogP contribution is -2.28. The van der Waals surface area contributed by atoms with E-state index in [4.69, 9.17) is 9.47 Å². The van der Waals surface area contributed by atoms with Crippen molar-refractivity contribution in [1.82, 2.24) is 4.90 Å².